The van der Waals surface area contributed by atoms with E-state index in [0.29, 0.717) is 17.3 Å². The predicted molar refractivity (Wildman–Crippen MR) is 74.2 cm³/mol. The van der Waals surface area contributed by atoms with Crippen molar-refractivity contribution in [2.75, 3.05) is 0 Å². The van der Waals surface area contributed by atoms with Gasteiger partial charge in [-0.05, 0) is 61.2 Å². The van der Waals surface area contributed by atoms with E-state index in [4.69, 9.17) is 0 Å². The van der Waals surface area contributed by atoms with Crippen molar-refractivity contribution in [3.63, 3.8) is 0 Å². The second kappa shape index (κ2) is 3.71. The fourth-order valence-corrected chi connectivity index (χ4v) is 5.87. The summed E-state index contributed by atoms with van der Waals surface area (Å²) < 4.78 is 0. The Morgan fingerprint density at radius 1 is 1.33 bits per heavy atom. The third kappa shape index (κ3) is 1.31. The summed E-state index contributed by atoms with van der Waals surface area (Å²) in [6, 6.07) is 0. The molecule has 0 amide bonds. The minimum atomic E-state index is 0.444. The van der Waals surface area contributed by atoms with Gasteiger partial charge in [-0.3, -0.25) is 0 Å². The molecule has 0 aromatic heterocycles. The van der Waals surface area contributed by atoms with Gasteiger partial charge in [-0.1, -0.05) is 31.9 Å². The van der Waals surface area contributed by atoms with Crippen molar-refractivity contribution >= 4 is 6.29 Å². The lowest BCUT2D eigenvalue weighted by molar-refractivity contribution is -0.107. The van der Waals surface area contributed by atoms with Crippen LogP contribution in [0, 0.1) is 28.6 Å². The van der Waals surface area contributed by atoms with Gasteiger partial charge in [0.15, 0.2) is 0 Å². The first-order chi connectivity index (χ1) is 8.43. The lowest BCUT2D eigenvalue weighted by Crippen LogP contribution is -2.31. The van der Waals surface area contributed by atoms with E-state index in [1.54, 1.807) is 5.57 Å². The van der Waals surface area contributed by atoms with Gasteiger partial charge in [0, 0.05) is 6.42 Å². The zero-order chi connectivity index (χ0) is 13.1. The summed E-state index contributed by atoms with van der Waals surface area (Å²) in [4.78, 5) is 11.0. The van der Waals surface area contributed by atoms with Crippen LogP contribution in [0.1, 0.15) is 59.8 Å². The summed E-state index contributed by atoms with van der Waals surface area (Å²) in [6.45, 7) is 9.71. The Morgan fingerprint density at radius 2 is 2.06 bits per heavy atom. The van der Waals surface area contributed by atoms with E-state index in [2.05, 4.69) is 27.7 Å². The monoisotopic (exact) mass is 246 g/mol. The van der Waals surface area contributed by atoms with E-state index in [1.807, 2.05) is 0 Å². The van der Waals surface area contributed by atoms with Crippen molar-refractivity contribution in [1.82, 2.24) is 0 Å². The Morgan fingerprint density at radius 3 is 2.72 bits per heavy atom. The van der Waals surface area contributed by atoms with Crippen LogP contribution < -0.4 is 0 Å². The second-order valence-corrected chi connectivity index (χ2v) is 7.68. The molecule has 18 heavy (non-hydrogen) atoms. The molecule has 1 spiro atoms. The Balaban J connectivity index is 2.09. The van der Waals surface area contributed by atoms with Gasteiger partial charge in [-0.2, -0.15) is 0 Å². The summed E-state index contributed by atoms with van der Waals surface area (Å²) in [5, 5.41) is 0. The van der Waals surface area contributed by atoms with Crippen molar-refractivity contribution in [2.45, 2.75) is 59.8 Å². The molecule has 0 aromatic carbocycles. The van der Waals surface area contributed by atoms with Gasteiger partial charge < -0.3 is 4.79 Å². The van der Waals surface area contributed by atoms with Crippen LogP contribution in [0.5, 0.6) is 0 Å². The van der Waals surface area contributed by atoms with Crippen molar-refractivity contribution in [1.29, 1.82) is 0 Å². The summed E-state index contributed by atoms with van der Waals surface area (Å²) in [7, 11) is 0. The number of carbonyl (C=O) groups is 1. The van der Waals surface area contributed by atoms with Crippen molar-refractivity contribution in [3.8, 4) is 0 Å². The smallest absolute Gasteiger partial charge is 0.124 e. The molecule has 2 bridgehead atoms. The highest BCUT2D eigenvalue weighted by atomic mass is 16.1. The summed E-state index contributed by atoms with van der Waals surface area (Å²) in [6.07, 6.45) is 7.20. The molecule has 0 saturated heterocycles. The standard InChI is InChI=1S/C17H26O/c1-11-5-6-15-16(3,4)14-10-17(11,15)9-13(7-8-18)12(14)2/h8,11,14-15H,5-7,9-10H2,1-4H3. The Kier molecular flexibility index (Phi) is 2.56. The van der Waals surface area contributed by atoms with Crippen LogP contribution in [0.4, 0.5) is 0 Å². The number of rotatable bonds is 2. The molecular weight excluding hydrogens is 220 g/mol. The SMILES string of the molecule is CC1=C(CC=O)CC23CC1C(C)(C)C2CCC3C. The molecule has 0 radical (unpaired) electrons. The van der Waals surface area contributed by atoms with Gasteiger partial charge in [-0.15, -0.1) is 0 Å². The first-order valence-electron chi connectivity index (χ1n) is 7.55. The molecule has 1 heteroatoms. The lowest BCUT2D eigenvalue weighted by Gasteiger charge is -2.39. The largest absolute Gasteiger partial charge is 0.303 e. The molecule has 1 nitrogen and oxygen atoms in total. The van der Waals surface area contributed by atoms with Gasteiger partial charge in [0.1, 0.15) is 6.29 Å². The van der Waals surface area contributed by atoms with E-state index in [0.717, 1.165) is 24.0 Å². The number of fused-ring (bicyclic) bond motifs is 1. The molecule has 4 unspecified atom stereocenters. The number of hydrogen-bond acceptors (Lipinski definition) is 1. The Labute approximate surface area is 111 Å². The van der Waals surface area contributed by atoms with Gasteiger partial charge >= 0.3 is 0 Å². The minimum Gasteiger partial charge on any atom is -0.303 e. The number of allylic oxidation sites excluding steroid dienone is 2. The molecule has 3 aliphatic carbocycles. The summed E-state index contributed by atoms with van der Waals surface area (Å²) in [5.41, 5.74) is 4.01. The van der Waals surface area contributed by atoms with E-state index in [-0.39, 0.29) is 0 Å². The fourth-order valence-electron chi connectivity index (χ4n) is 5.87. The van der Waals surface area contributed by atoms with Crippen molar-refractivity contribution in [2.24, 2.45) is 28.6 Å². The van der Waals surface area contributed by atoms with Crippen LogP contribution in [0.25, 0.3) is 0 Å². The Hall–Kier alpha value is -0.590. The topological polar surface area (TPSA) is 17.1 Å². The van der Waals surface area contributed by atoms with Crippen molar-refractivity contribution in [3.05, 3.63) is 11.1 Å². The second-order valence-electron chi connectivity index (χ2n) is 7.68. The van der Waals surface area contributed by atoms with E-state index in [9.17, 15) is 4.79 Å². The third-order valence-electron chi connectivity index (χ3n) is 6.90. The molecule has 3 aliphatic rings. The maximum absolute atomic E-state index is 11.0. The molecule has 3 rings (SSSR count). The fraction of sp³-hybridized carbons (Fsp3) is 0.824. The van der Waals surface area contributed by atoms with Crippen LogP contribution in [0.2, 0.25) is 0 Å². The van der Waals surface area contributed by atoms with Crippen molar-refractivity contribution < 1.29 is 4.79 Å². The molecule has 0 aromatic rings. The van der Waals surface area contributed by atoms with Crippen LogP contribution in [0.3, 0.4) is 0 Å². The third-order valence-corrected chi connectivity index (χ3v) is 6.90. The molecule has 4 atom stereocenters. The number of hydrogen-bond donors (Lipinski definition) is 0. The van der Waals surface area contributed by atoms with Crippen LogP contribution in [0.15, 0.2) is 11.1 Å². The molecular formula is C17H26O. The van der Waals surface area contributed by atoms with Gasteiger partial charge in [0.05, 0.1) is 0 Å². The average molecular weight is 246 g/mol. The first-order valence-corrected chi connectivity index (χ1v) is 7.55. The van der Waals surface area contributed by atoms with Crippen LogP contribution in [-0.2, 0) is 4.79 Å². The van der Waals surface area contributed by atoms with Crippen LogP contribution >= 0.6 is 0 Å². The molecule has 100 valence electrons. The Bertz CT molecular complexity index is 417. The number of aldehydes is 1. The zero-order valence-corrected chi connectivity index (χ0v) is 12.3. The maximum atomic E-state index is 11.0. The zero-order valence-electron chi connectivity index (χ0n) is 12.3. The molecule has 0 heterocycles. The van der Waals surface area contributed by atoms with E-state index >= 15 is 0 Å². The van der Waals surface area contributed by atoms with E-state index in [1.165, 1.54) is 31.3 Å². The van der Waals surface area contributed by atoms with Gasteiger partial charge in [0.2, 0.25) is 0 Å². The minimum absolute atomic E-state index is 0.444. The highest BCUT2D eigenvalue weighted by Crippen LogP contribution is 2.72. The molecule has 0 N–H and O–H groups in total. The summed E-state index contributed by atoms with van der Waals surface area (Å²) >= 11 is 0. The molecule has 2 saturated carbocycles. The molecule has 0 aliphatic heterocycles. The highest BCUT2D eigenvalue weighted by Gasteiger charge is 2.64. The van der Waals surface area contributed by atoms with Gasteiger partial charge in [-0.25, -0.2) is 0 Å². The van der Waals surface area contributed by atoms with E-state index < -0.39 is 0 Å². The average Bonchev–Trinajstić information content (AvgIpc) is 2.71. The first kappa shape index (κ1) is 12.4. The molecule has 2 fully saturated rings. The van der Waals surface area contributed by atoms with Crippen LogP contribution in [-0.4, -0.2) is 6.29 Å². The maximum Gasteiger partial charge on any atom is 0.124 e. The number of carbonyl (C=O) groups excluding carboxylic acids is 1. The lowest BCUT2D eigenvalue weighted by atomic mass is 9.66. The highest BCUT2D eigenvalue weighted by molar-refractivity contribution is 5.56. The normalized spacial score (nSPS) is 45.2. The predicted octanol–water partition coefficient (Wildman–Crippen LogP) is 4.37. The van der Waals surface area contributed by atoms with Gasteiger partial charge in [0.25, 0.3) is 0 Å². The quantitative estimate of drug-likeness (QED) is 0.522. The summed E-state index contributed by atoms with van der Waals surface area (Å²) in [5.74, 6) is 2.46.